The third-order valence-corrected chi connectivity index (χ3v) is 4.78. The SMILES string of the molecule is CN(c1ccc(F)cc1)C1CC2(CCNCC2)C1. The number of benzene rings is 1. The maximum absolute atomic E-state index is 12.9. The van der Waals surface area contributed by atoms with Crippen LogP contribution in [0.5, 0.6) is 0 Å². The Labute approximate surface area is 108 Å². The van der Waals surface area contributed by atoms with E-state index in [0.29, 0.717) is 11.5 Å². The molecule has 1 aromatic carbocycles. The van der Waals surface area contributed by atoms with E-state index in [1.54, 1.807) is 12.1 Å². The van der Waals surface area contributed by atoms with Crippen molar-refractivity contribution in [1.82, 2.24) is 5.32 Å². The molecule has 0 atom stereocenters. The standard InChI is InChI=1S/C15H21FN2/c1-18(13-4-2-12(16)3-5-13)14-10-15(11-14)6-8-17-9-7-15/h2-5,14,17H,6-11H2,1H3. The summed E-state index contributed by atoms with van der Waals surface area (Å²) in [6.07, 6.45) is 5.23. The van der Waals surface area contributed by atoms with Gasteiger partial charge in [0, 0.05) is 18.8 Å². The van der Waals surface area contributed by atoms with Crippen LogP contribution < -0.4 is 10.2 Å². The number of nitrogens with zero attached hydrogens (tertiary/aromatic N) is 1. The second-order valence-corrected chi connectivity index (χ2v) is 5.90. The van der Waals surface area contributed by atoms with Gasteiger partial charge in [-0.15, -0.1) is 0 Å². The van der Waals surface area contributed by atoms with E-state index in [2.05, 4.69) is 17.3 Å². The second-order valence-electron chi connectivity index (χ2n) is 5.90. The summed E-state index contributed by atoms with van der Waals surface area (Å²) in [5, 5.41) is 3.43. The van der Waals surface area contributed by atoms with Crippen LogP contribution in [0.2, 0.25) is 0 Å². The summed E-state index contributed by atoms with van der Waals surface area (Å²) in [4.78, 5) is 2.31. The first-order valence-electron chi connectivity index (χ1n) is 6.88. The lowest BCUT2D eigenvalue weighted by Gasteiger charge is -2.53. The van der Waals surface area contributed by atoms with Crippen molar-refractivity contribution < 1.29 is 4.39 Å². The van der Waals surface area contributed by atoms with Gasteiger partial charge in [-0.25, -0.2) is 4.39 Å². The normalized spacial score (nSPS) is 22.8. The zero-order valence-electron chi connectivity index (χ0n) is 11.0. The van der Waals surface area contributed by atoms with E-state index in [4.69, 9.17) is 0 Å². The van der Waals surface area contributed by atoms with Crippen LogP contribution in [-0.4, -0.2) is 26.2 Å². The highest BCUT2D eigenvalue weighted by Gasteiger charge is 2.45. The first-order valence-corrected chi connectivity index (χ1v) is 6.88. The molecule has 3 heteroatoms. The number of hydrogen-bond donors (Lipinski definition) is 1. The van der Waals surface area contributed by atoms with Crippen LogP contribution in [0.15, 0.2) is 24.3 Å². The fraction of sp³-hybridized carbons (Fsp3) is 0.600. The number of hydrogen-bond acceptors (Lipinski definition) is 2. The Kier molecular flexibility index (Phi) is 3.02. The first-order chi connectivity index (χ1) is 8.69. The molecular formula is C15H21FN2. The van der Waals surface area contributed by atoms with Gasteiger partial charge in [-0.1, -0.05) is 0 Å². The molecule has 1 N–H and O–H groups in total. The van der Waals surface area contributed by atoms with Crippen LogP contribution >= 0.6 is 0 Å². The van der Waals surface area contributed by atoms with Crippen molar-refractivity contribution in [1.29, 1.82) is 0 Å². The van der Waals surface area contributed by atoms with E-state index < -0.39 is 0 Å². The summed E-state index contributed by atoms with van der Waals surface area (Å²) in [6.45, 7) is 2.35. The number of halogens is 1. The number of nitrogens with one attached hydrogen (secondary N) is 1. The fourth-order valence-corrected chi connectivity index (χ4v) is 3.47. The van der Waals surface area contributed by atoms with Gasteiger partial charge in [0.1, 0.15) is 5.82 Å². The van der Waals surface area contributed by atoms with E-state index in [-0.39, 0.29) is 5.82 Å². The Bertz CT molecular complexity index is 401. The molecule has 1 aromatic rings. The Morgan fingerprint density at radius 2 is 1.78 bits per heavy atom. The largest absolute Gasteiger partial charge is 0.372 e. The first kappa shape index (κ1) is 12.0. The number of piperidine rings is 1. The summed E-state index contributed by atoms with van der Waals surface area (Å²) in [6, 6.07) is 7.48. The molecule has 1 aliphatic heterocycles. The molecule has 0 aromatic heterocycles. The lowest BCUT2D eigenvalue weighted by atomic mass is 9.60. The van der Waals surface area contributed by atoms with Gasteiger partial charge >= 0.3 is 0 Å². The maximum Gasteiger partial charge on any atom is 0.123 e. The van der Waals surface area contributed by atoms with E-state index in [1.165, 1.54) is 38.8 Å². The van der Waals surface area contributed by atoms with Crippen LogP contribution in [0.25, 0.3) is 0 Å². The van der Waals surface area contributed by atoms with Crippen molar-refractivity contribution in [2.24, 2.45) is 5.41 Å². The van der Waals surface area contributed by atoms with Crippen LogP contribution in [-0.2, 0) is 0 Å². The molecule has 3 rings (SSSR count). The van der Waals surface area contributed by atoms with Gasteiger partial charge < -0.3 is 10.2 Å². The van der Waals surface area contributed by atoms with Gasteiger partial charge in [0.25, 0.3) is 0 Å². The zero-order chi connectivity index (χ0) is 12.6. The van der Waals surface area contributed by atoms with Crippen molar-refractivity contribution in [3.05, 3.63) is 30.1 Å². The van der Waals surface area contributed by atoms with Crippen LogP contribution in [0, 0.1) is 11.2 Å². The second kappa shape index (κ2) is 4.54. The molecule has 0 bridgehead atoms. The zero-order valence-corrected chi connectivity index (χ0v) is 11.0. The molecule has 0 unspecified atom stereocenters. The average Bonchev–Trinajstić information content (AvgIpc) is 2.37. The predicted octanol–water partition coefficient (Wildman–Crippen LogP) is 2.79. The molecule has 1 heterocycles. The Morgan fingerprint density at radius 1 is 1.17 bits per heavy atom. The maximum atomic E-state index is 12.9. The van der Waals surface area contributed by atoms with E-state index in [1.807, 2.05) is 12.1 Å². The topological polar surface area (TPSA) is 15.3 Å². The fourth-order valence-electron chi connectivity index (χ4n) is 3.47. The van der Waals surface area contributed by atoms with Crippen molar-refractivity contribution in [3.63, 3.8) is 0 Å². The highest BCUT2D eigenvalue weighted by molar-refractivity contribution is 5.47. The lowest BCUT2D eigenvalue weighted by molar-refractivity contribution is 0.0611. The van der Waals surface area contributed by atoms with Crippen molar-refractivity contribution in [3.8, 4) is 0 Å². The highest BCUT2D eigenvalue weighted by atomic mass is 19.1. The van der Waals surface area contributed by atoms with Gasteiger partial charge in [-0.05, 0) is 68.5 Å². The minimum atomic E-state index is -0.157. The average molecular weight is 248 g/mol. The molecule has 2 fully saturated rings. The minimum absolute atomic E-state index is 0.157. The molecule has 1 spiro atoms. The predicted molar refractivity (Wildman–Crippen MR) is 72.4 cm³/mol. The summed E-state index contributed by atoms with van der Waals surface area (Å²) < 4.78 is 12.9. The van der Waals surface area contributed by atoms with Crippen LogP contribution in [0.4, 0.5) is 10.1 Å². The van der Waals surface area contributed by atoms with Gasteiger partial charge in [0.05, 0.1) is 0 Å². The van der Waals surface area contributed by atoms with Gasteiger partial charge in [0.2, 0.25) is 0 Å². The van der Waals surface area contributed by atoms with Gasteiger partial charge in [-0.3, -0.25) is 0 Å². The summed E-state index contributed by atoms with van der Waals surface area (Å²) in [5.41, 5.74) is 1.73. The molecule has 1 saturated heterocycles. The molecule has 98 valence electrons. The molecule has 18 heavy (non-hydrogen) atoms. The summed E-state index contributed by atoms with van der Waals surface area (Å²) in [7, 11) is 2.13. The third kappa shape index (κ3) is 2.12. The van der Waals surface area contributed by atoms with Gasteiger partial charge in [-0.2, -0.15) is 0 Å². The molecule has 1 saturated carbocycles. The van der Waals surface area contributed by atoms with Gasteiger partial charge in [0.15, 0.2) is 0 Å². The van der Waals surface area contributed by atoms with Crippen molar-refractivity contribution in [2.75, 3.05) is 25.0 Å². The van der Waals surface area contributed by atoms with Crippen LogP contribution in [0.1, 0.15) is 25.7 Å². The van der Waals surface area contributed by atoms with Crippen LogP contribution in [0.3, 0.4) is 0 Å². The Balaban J connectivity index is 1.62. The summed E-state index contributed by atoms with van der Waals surface area (Å²) >= 11 is 0. The Morgan fingerprint density at radius 3 is 2.39 bits per heavy atom. The van der Waals surface area contributed by atoms with Crippen molar-refractivity contribution in [2.45, 2.75) is 31.7 Å². The quantitative estimate of drug-likeness (QED) is 0.865. The molecule has 2 nitrogen and oxygen atoms in total. The number of rotatable bonds is 2. The molecule has 0 radical (unpaired) electrons. The van der Waals surface area contributed by atoms with E-state index >= 15 is 0 Å². The third-order valence-electron chi connectivity index (χ3n) is 4.78. The highest BCUT2D eigenvalue weighted by Crippen LogP contribution is 2.50. The Hall–Kier alpha value is -1.09. The number of anilines is 1. The molecular weight excluding hydrogens is 227 g/mol. The van der Waals surface area contributed by atoms with E-state index in [0.717, 1.165) is 5.69 Å². The smallest absolute Gasteiger partial charge is 0.123 e. The molecule has 1 aliphatic carbocycles. The summed E-state index contributed by atoms with van der Waals surface area (Å²) in [5.74, 6) is -0.157. The van der Waals surface area contributed by atoms with E-state index in [9.17, 15) is 4.39 Å². The van der Waals surface area contributed by atoms with Crippen molar-refractivity contribution >= 4 is 5.69 Å². The monoisotopic (exact) mass is 248 g/mol. The lowest BCUT2D eigenvalue weighted by Crippen LogP contribution is -2.53. The molecule has 0 amide bonds. The minimum Gasteiger partial charge on any atom is -0.372 e. The molecule has 2 aliphatic rings.